The van der Waals surface area contributed by atoms with Crippen LogP contribution in [-0.2, 0) is 11.3 Å². The average Bonchev–Trinajstić information content (AvgIpc) is 2.67. The number of aliphatic carboxylic acids is 1. The van der Waals surface area contributed by atoms with Crippen molar-refractivity contribution >= 4 is 12.0 Å². The summed E-state index contributed by atoms with van der Waals surface area (Å²) < 4.78 is 0. The van der Waals surface area contributed by atoms with Gasteiger partial charge in [-0.05, 0) is 27.7 Å². The van der Waals surface area contributed by atoms with Gasteiger partial charge in [0.2, 0.25) is 0 Å². The van der Waals surface area contributed by atoms with Crippen molar-refractivity contribution in [1.29, 1.82) is 0 Å². The van der Waals surface area contributed by atoms with E-state index in [1.54, 1.807) is 27.0 Å². The SMILES string of the molecule is Cc1[nH]ncc1CNC(=O)N(CC(=O)O)C(C)(C)C. The fraction of sp³-hybridized carbons (Fsp3) is 0.583. The van der Waals surface area contributed by atoms with Crippen LogP contribution in [0.3, 0.4) is 0 Å². The molecule has 7 nitrogen and oxygen atoms in total. The maximum absolute atomic E-state index is 12.1. The molecule has 0 aliphatic heterocycles. The first kappa shape index (κ1) is 15.0. The quantitative estimate of drug-likeness (QED) is 0.761. The molecule has 0 unspecified atom stereocenters. The van der Waals surface area contributed by atoms with Crippen molar-refractivity contribution in [2.24, 2.45) is 0 Å². The number of amides is 2. The van der Waals surface area contributed by atoms with Crippen LogP contribution in [0.2, 0.25) is 0 Å². The monoisotopic (exact) mass is 268 g/mol. The fourth-order valence-corrected chi connectivity index (χ4v) is 1.57. The van der Waals surface area contributed by atoms with E-state index in [0.29, 0.717) is 6.54 Å². The number of aromatic amines is 1. The number of carbonyl (C=O) groups is 2. The Labute approximate surface area is 112 Å². The Bertz CT molecular complexity index is 462. The van der Waals surface area contributed by atoms with Crippen LogP contribution in [-0.4, -0.2) is 44.3 Å². The van der Waals surface area contributed by atoms with Crippen molar-refractivity contribution in [1.82, 2.24) is 20.4 Å². The Morgan fingerprint density at radius 2 is 2.11 bits per heavy atom. The van der Waals surface area contributed by atoms with E-state index in [2.05, 4.69) is 15.5 Å². The predicted molar refractivity (Wildman–Crippen MR) is 69.7 cm³/mol. The average molecular weight is 268 g/mol. The number of aryl methyl sites for hydroxylation is 1. The normalized spacial score (nSPS) is 11.2. The molecule has 2 amide bonds. The maximum Gasteiger partial charge on any atom is 0.323 e. The molecule has 3 N–H and O–H groups in total. The molecular formula is C12H20N4O3. The molecule has 0 aliphatic carbocycles. The molecule has 0 bridgehead atoms. The lowest BCUT2D eigenvalue weighted by atomic mass is 10.1. The first-order chi connectivity index (χ1) is 8.71. The second kappa shape index (κ2) is 5.73. The standard InChI is InChI=1S/C12H20N4O3/c1-8-9(6-14-15-8)5-13-11(19)16(7-10(17)18)12(2,3)4/h6H,5,7H2,1-4H3,(H,13,19)(H,14,15)(H,17,18). The molecule has 0 saturated heterocycles. The molecule has 1 heterocycles. The molecule has 19 heavy (non-hydrogen) atoms. The van der Waals surface area contributed by atoms with Crippen molar-refractivity contribution in [3.05, 3.63) is 17.5 Å². The number of carboxylic acids is 1. The van der Waals surface area contributed by atoms with Gasteiger partial charge in [-0.15, -0.1) is 0 Å². The van der Waals surface area contributed by atoms with Crippen LogP contribution in [0.5, 0.6) is 0 Å². The Hall–Kier alpha value is -2.05. The van der Waals surface area contributed by atoms with Crippen LogP contribution in [0, 0.1) is 6.92 Å². The number of urea groups is 1. The number of aromatic nitrogens is 2. The fourth-order valence-electron chi connectivity index (χ4n) is 1.57. The highest BCUT2D eigenvalue weighted by Gasteiger charge is 2.28. The van der Waals surface area contributed by atoms with Crippen molar-refractivity contribution < 1.29 is 14.7 Å². The van der Waals surface area contributed by atoms with Crippen molar-refractivity contribution in [3.8, 4) is 0 Å². The predicted octanol–water partition coefficient (Wildman–Crippen LogP) is 1.11. The van der Waals surface area contributed by atoms with Crippen LogP contribution in [0.1, 0.15) is 32.0 Å². The molecule has 0 radical (unpaired) electrons. The topological polar surface area (TPSA) is 98.3 Å². The Balaban J connectivity index is 2.67. The van der Waals surface area contributed by atoms with Crippen molar-refractivity contribution in [2.45, 2.75) is 39.8 Å². The third-order valence-electron chi connectivity index (χ3n) is 2.71. The number of nitrogens with zero attached hydrogens (tertiary/aromatic N) is 2. The van der Waals surface area contributed by atoms with Crippen LogP contribution in [0.25, 0.3) is 0 Å². The lowest BCUT2D eigenvalue weighted by Gasteiger charge is -2.34. The molecule has 1 rings (SSSR count). The third kappa shape index (κ3) is 4.27. The summed E-state index contributed by atoms with van der Waals surface area (Å²) in [5.41, 5.74) is 1.19. The lowest BCUT2D eigenvalue weighted by molar-refractivity contribution is -0.138. The van der Waals surface area contributed by atoms with Gasteiger partial charge in [-0.1, -0.05) is 0 Å². The van der Waals surface area contributed by atoms with Gasteiger partial charge in [-0.3, -0.25) is 9.89 Å². The minimum Gasteiger partial charge on any atom is -0.480 e. The molecule has 0 saturated carbocycles. The molecule has 0 aliphatic rings. The molecule has 7 heteroatoms. The van der Waals surface area contributed by atoms with E-state index in [0.717, 1.165) is 11.3 Å². The van der Waals surface area contributed by atoms with Gasteiger partial charge < -0.3 is 15.3 Å². The summed E-state index contributed by atoms with van der Waals surface area (Å²) in [5.74, 6) is -1.04. The summed E-state index contributed by atoms with van der Waals surface area (Å²) in [4.78, 5) is 24.1. The first-order valence-corrected chi connectivity index (χ1v) is 5.98. The number of H-pyrrole nitrogens is 1. The van der Waals surface area contributed by atoms with Crippen LogP contribution < -0.4 is 5.32 Å². The van der Waals surface area contributed by atoms with Crippen LogP contribution in [0.15, 0.2) is 6.20 Å². The molecule has 0 fully saturated rings. The number of hydrogen-bond acceptors (Lipinski definition) is 3. The van der Waals surface area contributed by atoms with Crippen LogP contribution >= 0.6 is 0 Å². The third-order valence-corrected chi connectivity index (χ3v) is 2.71. The highest BCUT2D eigenvalue weighted by atomic mass is 16.4. The van der Waals surface area contributed by atoms with Crippen molar-refractivity contribution in [3.63, 3.8) is 0 Å². The molecule has 0 aromatic carbocycles. The number of rotatable bonds is 4. The van der Waals surface area contributed by atoms with E-state index < -0.39 is 17.5 Å². The summed E-state index contributed by atoms with van der Waals surface area (Å²) in [6.45, 7) is 7.20. The first-order valence-electron chi connectivity index (χ1n) is 5.98. The van der Waals surface area contributed by atoms with Gasteiger partial charge in [-0.25, -0.2) is 4.79 Å². The van der Waals surface area contributed by atoms with E-state index in [9.17, 15) is 9.59 Å². The second-order valence-electron chi connectivity index (χ2n) is 5.33. The Morgan fingerprint density at radius 3 is 2.53 bits per heavy atom. The highest BCUT2D eigenvalue weighted by molar-refractivity contribution is 5.80. The highest BCUT2D eigenvalue weighted by Crippen LogP contribution is 2.13. The lowest BCUT2D eigenvalue weighted by Crippen LogP contribution is -2.52. The number of carboxylic acid groups (broad SMARTS) is 1. The zero-order chi connectivity index (χ0) is 14.6. The summed E-state index contributed by atoms with van der Waals surface area (Å²) in [7, 11) is 0. The minimum absolute atomic E-state index is 0.313. The van der Waals surface area contributed by atoms with E-state index in [1.165, 1.54) is 4.90 Å². The number of nitrogens with one attached hydrogen (secondary N) is 2. The summed E-state index contributed by atoms with van der Waals surface area (Å²) in [6.07, 6.45) is 1.63. The van der Waals surface area contributed by atoms with Gasteiger partial charge in [0.15, 0.2) is 0 Å². The van der Waals surface area contributed by atoms with Gasteiger partial charge >= 0.3 is 12.0 Å². The molecule has 106 valence electrons. The van der Waals surface area contributed by atoms with E-state index in [4.69, 9.17) is 5.11 Å². The van der Waals surface area contributed by atoms with Gasteiger partial charge in [0.05, 0.1) is 6.20 Å². The molecule has 0 atom stereocenters. The Kier molecular flexibility index (Phi) is 4.52. The van der Waals surface area contributed by atoms with E-state index in [-0.39, 0.29) is 6.54 Å². The molecule has 1 aromatic heterocycles. The minimum atomic E-state index is -1.04. The van der Waals surface area contributed by atoms with Crippen LogP contribution in [0.4, 0.5) is 4.79 Å². The molecule has 1 aromatic rings. The molecular weight excluding hydrogens is 248 g/mol. The smallest absolute Gasteiger partial charge is 0.323 e. The largest absolute Gasteiger partial charge is 0.480 e. The number of carbonyl (C=O) groups excluding carboxylic acids is 1. The van der Waals surface area contributed by atoms with E-state index in [1.807, 2.05) is 6.92 Å². The van der Waals surface area contributed by atoms with Gasteiger partial charge in [-0.2, -0.15) is 5.10 Å². The summed E-state index contributed by atoms with van der Waals surface area (Å²) in [6, 6.07) is -0.407. The maximum atomic E-state index is 12.1. The zero-order valence-corrected chi connectivity index (χ0v) is 11.6. The van der Waals surface area contributed by atoms with E-state index >= 15 is 0 Å². The van der Waals surface area contributed by atoms with Gasteiger partial charge in [0.1, 0.15) is 6.54 Å². The second-order valence-corrected chi connectivity index (χ2v) is 5.33. The van der Waals surface area contributed by atoms with Crippen molar-refractivity contribution in [2.75, 3.05) is 6.54 Å². The number of hydrogen-bond donors (Lipinski definition) is 3. The Morgan fingerprint density at radius 1 is 1.47 bits per heavy atom. The summed E-state index contributed by atoms with van der Waals surface area (Å²) in [5, 5.41) is 18.2. The molecule has 0 spiro atoms. The zero-order valence-electron chi connectivity index (χ0n) is 11.6. The van der Waals surface area contributed by atoms with Gasteiger partial charge in [0.25, 0.3) is 0 Å². The van der Waals surface area contributed by atoms with Gasteiger partial charge in [0, 0.05) is 23.3 Å². The summed E-state index contributed by atoms with van der Waals surface area (Å²) >= 11 is 0.